The third-order valence-corrected chi connectivity index (χ3v) is 6.13. The molecule has 4 rings (SSSR count). The average Bonchev–Trinajstić information content (AvgIpc) is 3.21. The van der Waals surface area contributed by atoms with Crippen molar-refractivity contribution in [3.8, 4) is 0 Å². The minimum atomic E-state index is 0.172. The molecule has 1 aromatic rings. The largest absolute Gasteiger partial charge is 0.340 e. The Labute approximate surface area is 149 Å². The molecule has 0 N–H and O–H groups in total. The van der Waals surface area contributed by atoms with E-state index in [2.05, 4.69) is 33.8 Å². The van der Waals surface area contributed by atoms with Crippen molar-refractivity contribution in [1.82, 2.24) is 24.8 Å². The second-order valence-electron chi connectivity index (χ2n) is 7.98. The number of carbonyl (C=O) groups excluding carboxylic acids is 1. The second-order valence-corrected chi connectivity index (χ2v) is 7.98. The van der Waals surface area contributed by atoms with E-state index in [1.165, 1.54) is 12.8 Å². The molecule has 7 nitrogen and oxygen atoms in total. The number of amides is 1. The number of aromatic nitrogens is 2. The van der Waals surface area contributed by atoms with Crippen molar-refractivity contribution < 1.29 is 9.32 Å². The third-order valence-electron chi connectivity index (χ3n) is 6.13. The summed E-state index contributed by atoms with van der Waals surface area (Å²) in [6.07, 6.45) is 2.39. The van der Waals surface area contributed by atoms with E-state index in [1.54, 1.807) is 6.92 Å². The van der Waals surface area contributed by atoms with Gasteiger partial charge in [0.2, 0.25) is 11.8 Å². The zero-order valence-corrected chi connectivity index (χ0v) is 15.5. The number of carbonyl (C=O) groups is 1. The Hall–Kier alpha value is -1.47. The van der Waals surface area contributed by atoms with Crippen molar-refractivity contribution in [2.45, 2.75) is 51.6 Å². The molecule has 0 radical (unpaired) electrons. The highest BCUT2D eigenvalue weighted by Crippen LogP contribution is 2.39. The molecule has 3 atom stereocenters. The minimum Gasteiger partial charge on any atom is -0.340 e. The number of nitrogens with zero attached hydrogens (tertiary/aromatic N) is 5. The molecule has 1 aliphatic carbocycles. The molecule has 0 unspecified atom stereocenters. The molecule has 1 amide bonds. The summed E-state index contributed by atoms with van der Waals surface area (Å²) >= 11 is 0. The highest BCUT2D eigenvalue weighted by Gasteiger charge is 2.39. The molecule has 3 aliphatic rings. The van der Waals surface area contributed by atoms with Gasteiger partial charge in [0, 0.05) is 58.2 Å². The average molecular weight is 347 g/mol. The van der Waals surface area contributed by atoms with Crippen LogP contribution in [0.5, 0.6) is 0 Å². The first kappa shape index (κ1) is 17.0. The number of hydrogen-bond acceptors (Lipinski definition) is 6. The number of likely N-dealkylation sites (tertiary alicyclic amines) is 1. The lowest BCUT2D eigenvalue weighted by atomic mass is 10.0. The first-order chi connectivity index (χ1) is 12.0. The van der Waals surface area contributed by atoms with Crippen LogP contribution in [0.2, 0.25) is 0 Å². The Morgan fingerprint density at radius 3 is 2.56 bits per heavy atom. The topological polar surface area (TPSA) is 65.7 Å². The molecule has 0 aromatic carbocycles. The molecule has 3 heterocycles. The summed E-state index contributed by atoms with van der Waals surface area (Å²) in [4.78, 5) is 23.1. The van der Waals surface area contributed by atoms with Gasteiger partial charge in [-0.1, -0.05) is 12.1 Å². The number of rotatable bonds is 4. The van der Waals surface area contributed by atoms with Gasteiger partial charge in [-0.2, -0.15) is 4.98 Å². The number of piperazine rings is 1. The van der Waals surface area contributed by atoms with Gasteiger partial charge in [0.15, 0.2) is 5.82 Å². The van der Waals surface area contributed by atoms with Crippen LogP contribution in [-0.2, 0) is 4.79 Å². The first-order valence-electron chi connectivity index (χ1n) is 9.60. The summed E-state index contributed by atoms with van der Waals surface area (Å²) in [6, 6.07) is 0.716. The molecule has 2 aliphatic heterocycles. The Bertz CT molecular complexity index is 621. The predicted octanol–water partition coefficient (Wildman–Crippen LogP) is 1.49. The Balaban J connectivity index is 1.36. The number of hydrogen-bond donors (Lipinski definition) is 0. The summed E-state index contributed by atoms with van der Waals surface area (Å²) in [5, 5.41) is 4.16. The quantitative estimate of drug-likeness (QED) is 0.822. The van der Waals surface area contributed by atoms with Crippen molar-refractivity contribution in [1.29, 1.82) is 0 Å². The van der Waals surface area contributed by atoms with E-state index >= 15 is 0 Å². The van der Waals surface area contributed by atoms with Gasteiger partial charge in [-0.3, -0.25) is 14.6 Å². The highest BCUT2D eigenvalue weighted by molar-refractivity contribution is 5.73. The van der Waals surface area contributed by atoms with Crippen LogP contribution in [0.1, 0.15) is 57.3 Å². The van der Waals surface area contributed by atoms with E-state index in [0.29, 0.717) is 17.9 Å². The van der Waals surface area contributed by atoms with E-state index in [4.69, 9.17) is 4.52 Å². The van der Waals surface area contributed by atoms with Gasteiger partial charge in [-0.15, -0.1) is 0 Å². The Kier molecular flexibility index (Phi) is 4.54. The van der Waals surface area contributed by atoms with E-state index in [-0.39, 0.29) is 11.9 Å². The monoisotopic (exact) mass is 347 g/mol. The van der Waals surface area contributed by atoms with Gasteiger partial charge in [0.25, 0.3) is 0 Å². The Morgan fingerprint density at radius 1 is 1.20 bits per heavy atom. The molecule has 3 fully saturated rings. The molecule has 0 spiro atoms. The van der Waals surface area contributed by atoms with Gasteiger partial charge in [0.1, 0.15) is 0 Å². The fourth-order valence-corrected chi connectivity index (χ4v) is 4.23. The summed E-state index contributed by atoms with van der Waals surface area (Å²) in [5.74, 6) is 2.99. The first-order valence-corrected chi connectivity index (χ1v) is 9.60. The van der Waals surface area contributed by atoms with Gasteiger partial charge >= 0.3 is 0 Å². The Morgan fingerprint density at radius 2 is 1.92 bits per heavy atom. The second kappa shape index (κ2) is 6.68. The van der Waals surface area contributed by atoms with E-state index in [0.717, 1.165) is 51.0 Å². The van der Waals surface area contributed by atoms with Crippen molar-refractivity contribution in [2.24, 2.45) is 5.92 Å². The van der Waals surface area contributed by atoms with E-state index in [1.807, 2.05) is 4.90 Å². The molecule has 0 bridgehead atoms. The van der Waals surface area contributed by atoms with Crippen LogP contribution in [0.3, 0.4) is 0 Å². The van der Waals surface area contributed by atoms with Crippen LogP contribution in [0.25, 0.3) is 0 Å². The molecule has 25 heavy (non-hydrogen) atoms. The molecule has 2 saturated heterocycles. The van der Waals surface area contributed by atoms with Crippen LogP contribution in [0.15, 0.2) is 4.52 Å². The third kappa shape index (κ3) is 3.44. The van der Waals surface area contributed by atoms with Crippen molar-refractivity contribution in [3.05, 3.63) is 11.7 Å². The van der Waals surface area contributed by atoms with Crippen LogP contribution in [0.4, 0.5) is 0 Å². The molecule has 7 heteroatoms. The lowest BCUT2D eigenvalue weighted by Gasteiger charge is -2.39. The van der Waals surface area contributed by atoms with E-state index < -0.39 is 0 Å². The van der Waals surface area contributed by atoms with Crippen molar-refractivity contribution in [3.63, 3.8) is 0 Å². The minimum absolute atomic E-state index is 0.172. The fourth-order valence-electron chi connectivity index (χ4n) is 4.23. The lowest BCUT2D eigenvalue weighted by molar-refractivity contribution is -0.130. The van der Waals surface area contributed by atoms with Gasteiger partial charge in [-0.05, 0) is 25.7 Å². The smallest absolute Gasteiger partial charge is 0.243 e. The molecule has 1 aromatic heterocycles. The van der Waals surface area contributed by atoms with Crippen LogP contribution in [-0.4, -0.2) is 76.1 Å². The zero-order valence-electron chi connectivity index (χ0n) is 15.5. The van der Waals surface area contributed by atoms with Crippen LogP contribution < -0.4 is 0 Å². The molecular formula is C18H29N5O2. The maximum Gasteiger partial charge on any atom is 0.243 e. The zero-order chi connectivity index (χ0) is 17.6. The van der Waals surface area contributed by atoms with Gasteiger partial charge in [-0.25, -0.2) is 0 Å². The van der Waals surface area contributed by atoms with Gasteiger partial charge < -0.3 is 9.42 Å². The predicted molar refractivity (Wildman–Crippen MR) is 93.0 cm³/mol. The fraction of sp³-hybridized carbons (Fsp3) is 0.833. The normalized spacial score (nSPS) is 30.0. The summed E-state index contributed by atoms with van der Waals surface area (Å²) in [7, 11) is 0. The maximum atomic E-state index is 11.5. The lowest BCUT2D eigenvalue weighted by Crippen LogP contribution is -2.53. The molecule has 1 saturated carbocycles. The highest BCUT2D eigenvalue weighted by atomic mass is 16.5. The van der Waals surface area contributed by atoms with Crippen LogP contribution in [0, 0.1) is 5.92 Å². The van der Waals surface area contributed by atoms with Crippen molar-refractivity contribution >= 4 is 5.91 Å². The van der Waals surface area contributed by atoms with Crippen LogP contribution >= 0.6 is 0 Å². The maximum absolute atomic E-state index is 11.5. The van der Waals surface area contributed by atoms with Crippen molar-refractivity contribution in [2.75, 3.05) is 39.3 Å². The van der Waals surface area contributed by atoms with E-state index in [9.17, 15) is 4.79 Å². The summed E-state index contributed by atoms with van der Waals surface area (Å²) < 4.78 is 5.54. The molecular weight excluding hydrogens is 318 g/mol. The standard InChI is InChI=1S/C18H29N5O2/c1-12-10-23(13(2)18-19-17(20-25-18)15-4-5-15)11-16(12)22-8-6-21(7-9-22)14(3)24/h12-13,15-16H,4-11H2,1-3H3/t12-,13+,16-/m1/s1. The summed E-state index contributed by atoms with van der Waals surface area (Å²) in [6.45, 7) is 11.9. The van der Waals surface area contributed by atoms with Gasteiger partial charge in [0.05, 0.1) is 6.04 Å². The molecule has 138 valence electrons. The SMILES string of the molecule is CC(=O)N1CCN([C@@H]2CN([C@@H](C)c3nc(C4CC4)no3)C[C@H]2C)CC1. The summed E-state index contributed by atoms with van der Waals surface area (Å²) in [5.41, 5.74) is 0.